The van der Waals surface area contributed by atoms with Crippen molar-refractivity contribution < 1.29 is 53.5 Å². The molecule has 2 aromatic rings. The van der Waals surface area contributed by atoms with Gasteiger partial charge in [0.1, 0.15) is 17.2 Å². The maximum absolute atomic E-state index is 14.8. The van der Waals surface area contributed by atoms with E-state index in [1.54, 1.807) is 6.07 Å². The lowest BCUT2D eigenvalue weighted by Gasteiger charge is -2.47. The second kappa shape index (κ2) is 9.05. The molecule has 1 fully saturated rings. The van der Waals surface area contributed by atoms with Crippen molar-refractivity contribution in [2.75, 3.05) is 25.1 Å². The molecule has 0 aromatic heterocycles. The third kappa shape index (κ3) is 4.71. The number of rotatable bonds is 4. The molecule has 216 valence electrons. The van der Waals surface area contributed by atoms with E-state index in [-0.39, 0.29) is 43.1 Å². The monoisotopic (exact) mass is 614 g/mol. The lowest BCUT2D eigenvalue weighted by molar-refractivity contribution is -0.276. The maximum atomic E-state index is 14.8. The molecule has 0 aliphatic carbocycles. The average Bonchev–Trinajstić information content (AvgIpc) is 3.40. The number of hydrogen-bond acceptors (Lipinski definition) is 6. The number of ether oxygens (including phenoxy) is 1. The summed E-state index contributed by atoms with van der Waals surface area (Å²) in [6.07, 6.45) is -10.7. The van der Waals surface area contributed by atoms with Crippen molar-refractivity contribution in [1.29, 1.82) is 0 Å². The van der Waals surface area contributed by atoms with Gasteiger partial charge in [0.25, 0.3) is 5.60 Å². The van der Waals surface area contributed by atoms with Crippen LogP contribution in [0, 0.1) is 5.82 Å². The van der Waals surface area contributed by atoms with Gasteiger partial charge in [-0.2, -0.15) is 26.3 Å². The van der Waals surface area contributed by atoms with Crippen LogP contribution in [0.25, 0.3) is 0 Å². The number of hydrogen-bond donors (Lipinski definition) is 0. The first-order valence-electron chi connectivity index (χ1n) is 11.5. The standard InChI is InChI=1S/C24H18ClF7N2O5S/c1-40(36,37)9-19(35)34-10-21(11-34)15-3-2-12(4-13(15)8-38-21)18-7-22(39-33-18,24(30,31)32)16-5-14(23(27,28)29)6-17(25)20(16)26/h2-6H,7-11H2,1H3/t22-/m1/s1. The van der Waals surface area contributed by atoms with Gasteiger partial charge in [-0.15, -0.1) is 0 Å². The Kier molecular flexibility index (Phi) is 6.47. The van der Waals surface area contributed by atoms with Crippen molar-refractivity contribution >= 4 is 33.1 Å². The Hall–Kier alpha value is -2.91. The minimum atomic E-state index is -5.38. The molecule has 3 aliphatic heterocycles. The summed E-state index contributed by atoms with van der Waals surface area (Å²) in [5.41, 5.74) is -6.49. The first-order chi connectivity index (χ1) is 18.4. The molecular weight excluding hydrogens is 597 g/mol. The number of fused-ring (bicyclic) bond motifs is 2. The van der Waals surface area contributed by atoms with E-state index in [9.17, 15) is 43.9 Å². The zero-order valence-electron chi connectivity index (χ0n) is 20.3. The highest BCUT2D eigenvalue weighted by molar-refractivity contribution is 7.91. The number of sulfone groups is 1. The summed E-state index contributed by atoms with van der Waals surface area (Å²) in [5.74, 6) is -2.97. The lowest BCUT2D eigenvalue weighted by atomic mass is 9.82. The van der Waals surface area contributed by atoms with Gasteiger partial charge in [-0.3, -0.25) is 4.79 Å². The van der Waals surface area contributed by atoms with Crippen LogP contribution in [0.1, 0.15) is 34.2 Å². The molecule has 0 N–H and O–H groups in total. The number of benzene rings is 2. The van der Waals surface area contributed by atoms with Crippen LogP contribution in [0.15, 0.2) is 35.5 Å². The summed E-state index contributed by atoms with van der Waals surface area (Å²) in [4.78, 5) is 18.2. The minimum Gasteiger partial charge on any atom is -0.374 e. The van der Waals surface area contributed by atoms with Crippen molar-refractivity contribution in [2.24, 2.45) is 5.16 Å². The van der Waals surface area contributed by atoms with E-state index in [1.165, 1.54) is 17.0 Å². The Morgan fingerprint density at radius 2 is 1.77 bits per heavy atom. The molecule has 3 heterocycles. The fraction of sp³-hybridized carbons (Fsp3) is 0.417. The van der Waals surface area contributed by atoms with Crippen molar-refractivity contribution in [3.63, 3.8) is 0 Å². The number of carbonyl (C=O) groups is 1. The van der Waals surface area contributed by atoms with E-state index < -0.39 is 73.4 Å². The van der Waals surface area contributed by atoms with E-state index in [4.69, 9.17) is 21.2 Å². The molecule has 5 rings (SSSR count). The Bertz CT molecular complexity index is 1550. The number of carbonyl (C=O) groups excluding carboxylic acids is 1. The van der Waals surface area contributed by atoms with E-state index >= 15 is 0 Å². The van der Waals surface area contributed by atoms with Crippen LogP contribution in [0.3, 0.4) is 0 Å². The van der Waals surface area contributed by atoms with E-state index in [2.05, 4.69) is 5.16 Å². The Morgan fingerprint density at radius 3 is 2.38 bits per heavy atom. The highest BCUT2D eigenvalue weighted by Crippen LogP contribution is 2.52. The molecule has 1 saturated heterocycles. The third-order valence-electron chi connectivity index (χ3n) is 7.04. The molecule has 3 aliphatic rings. The van der Waals surface area contributed by atoms with Crippen LogP contribution < -0.4 is 0 Å². The zero-order chi connectivity index (χ0) is 29.5. The Morgan fingerprint density at radius 1 is 1.10 bits per heavy atom. The quantitative estimate of drug-likeness (QED) is 0.467. The summed E-state index contributed by atoms with van der Waals surface area (Å²) in [5, 5.41) is 2.33. The van der Waals surface area contributed by atoms with Gasteiger partial charge in [-0.1, -0.05) is 28.9 Å². The van der Waals surface area contributed by atoms with Crippen LogP contribution in [-0.4, -0.2) is 56.2 Å². The predicted octanol–water partition coefficient (Wildman–Crippen LogP) is 4.69. The molecular formula is C24H18ClF7N2O5S. The second-order valence-electron chi connectivity index (χ2n) is 9.92. The zero-order valence-corrected chi connectivity index (χ0v) is 21.9. The topological polar surface area (TPSA) is 85.3 Å². The van der Waals surface area contributed by atoms with Gasteiger partial charge in [0.05, 0.1) is 42.4 Å². The number of likely N-dealkylation sites (tertiary alicyclic amines) is 1. The molecule has 40 heavy (non-hydrogen) atoms. The van der Waals surface area contributed by atoms with Crippen molar-refractivity contribution in [2.45, 2.75) is 36.6 Å². The van der Waals surface area contributed by atoms with Crippen LogP contribution >= 0.6 is 11.6 Å². The van der Waals surface area contributed by atoms with Gasteiger partial charge >= 0.3 is 12.4 Å². The van der Waals surface area contributed by atoms with Crippen LogP contribution in [0.4, 0.5) is 30.7 Å². The Balaban J connectivity index is 1.42. The maximum Gasteiger partial charge on any atom is 0.435 e. The Labute approximate surface area is 227 Å². The highest BCUT2D eigenvalue weighted by atomic mass is 35.5. The molecule has 0 unspecified atom stereocenters. The molecule has 16 heteroatoms. The van der Waals surface area contributed by atoms with Gasteiger partial charge in [0.15, 0.2) is 9.84 Å². The summed E-state index contributed by atoms with van der Waals surface area (Å²) in [6, 6.07) is 4.62. The molecule has 0 saturated carbocycles. The summed E-state index contributed by atoms with van der Waals surface area (Å²) in [7, 11) is -3.53. The average molecular weight is 615 g/mol. The van der Waals surface area contributed by atoms with Gasteiger partial charge in [0.2, 0.25) is 5.91 Å². The van der Waals surface area contributed by atoms with Crippen molar-refractivity contribution in [3.05, 3.63) is 69.0 Å². The summed E-state index contributed by atoms with van der Waals surface area (Å²) < 4.78 is 126. The highest BCUT2D eigenvalue weighted by Gasteiger charge is 2.64. The minimum absolute atomic E-state index is 0.0148. The number of alkyl halides is 6. The summed E-state index contributed by atoms with van der Waals surface area (Å²) >= 11 is 5.54. The largest absolute Gasteiger partial charge is 0.435 e. The first kappa shape index (κ1) is 28.6. The normalized spacial score (nSPS) is 22.1. The number of halogens is 8. The van der Waals surface area contributed by atoms with Gasteiger partial charge < -0.3 is 14.5 Å². The van der Waals surface area contributed by atoms with Gasteiger partial charge in [-0.25, -0.2) is 12.8 Å². The fourth-order valence-electron chi connectivity index (χ4n) is 5.04. The first-order valence-corrected chi connectivity index (χ1v) is 13.9. The molecule has 7 nitrogen and oxygen atoms in total. The van der Waals surface area contributed by atoms with Crippen LogP contribution in [0.5, 0.6) is 0 Å². The van der Waals surface area contributed by atoms with E-state index in [0.29, 0.717) is 11.1 Å². The third-order valence-corrected chi connectivity index (χ3v) is 8.09. The molecule has 0 radical (unpaired) electrons. The fourth-order valence-corrected chi connectivity index (χ4v) is 5.89. The SMILES string of the molecule is CS(=O)(=O)CC(=O)N1CC2(C1)OCc1cc(C3=NO[C@](c4cc(C(F)(F)F)cc(Cl)c4F)(C(F)(F)F)C3)ccc12. The number of nitrogens with zero attached hydrogens (tertiary/aromatic N) is 2. The van der Waals surface area contributed by atoms with Crippen molar-refractivity contribution in [3.8, 4) is 0 Å². The second-order valence-corrected chi connectivity index (χ2v) is 12.5. The van der Waals surface area contributed by atoms with Gasteiger partial charge in [-0.05, 0) is 34.9 Å². The number of amides is 1. The molecule has 1 atom stereocenters. The van der Waals surface area contributed by atoms with Crippen LogP contribution in [0.2, 0.25) is 5.02 Å². The van der Waals surface area contributed by atoms with E-state index in [0.717, 1.165) is 6.26 Å². The van der Waals surface area contributed by atoms with Crippen LogP contribution in [-0.2, 0) is 48.2 Å². The molecule has 2 aromatic carbocycles. The van der Waals surface area contributed by atoms with E-state index in [1.807, 2.05) is 0 Å². The van der Waals surface area contributed by atoms with Crippen molar-refractivity contribution in [1.82, 2.24) is 4.90 Å². The number of oxime groups is 1. The lowest BCUT2D eigenvalue weighted by Crippen LogP contribution is -2.62. The predicted molar refractivity (Wildman–Crippen MR) is 126 cm³/mol. The smallest absolute Gasteiger partial charge is 0.374 e. The summed E-state index contributed by atoms with van der Waals surface area (Å²) in [6.45, 7) is 0.169. The molecule has 1 spiro atoms. The molecule has 1 amide bonds. The molecule has 0 bridgehead atoms. The van der Waals surface area contributed by atoms with Gasteiger partial charge in [0, 0.05) is 11.8 Å².